The zero-order valence-electron chi connectivity index (χ0n) is 11.6. The fourth-order valence-electron chi connectivity index (χ4n) is 3.83. The Morgan fingerprint density at radius 1 is 0.700 bits per heavy atom. The Labute approximate surface area is 117 Å². The molecule has 0 saturated heterocycles. The zero-order valence-corrected chi connectivity index (χ0v) is 11.6. The lowest BCUT2D eigenvalue weighted by atomic mass is 10.1. The Morgan fingerprint density at radius 3 is 1.80 bits per heavy atom. The van der Waals surface area contributed by atoms with E-state index in [0.29, 0.717) is 0 Å². The van der Waals surface area contributed by atoms with Crippen molar-refractivity contribution in [1.29, 1.82) is 0 Å². The Hall–Kier alpha value is -1.84. The molecule has 0 amide bonds. The van der Waals surface area contributed by atoms with Gasteiger partial charge in [0, 0.05) is 25.9 Å². The molecule has 0 N–H and O–H groups in total. The van der Waals surface area contributed by atoms with Crippen LogP contribution in [0.4, 0.5) is 0 Å². The Balaban J connectivity index is 1.84. The molecule has 0 saturated carbocycles. The van der Waals surface area contributed by atoms with Gasteiger partial charge in [-0.25, -0.2) is 9.97 Å². The fourth-order valence-corrected chi connectivity index (χ4v) is 3.83. The van der Waals surface area contributed by atoms with Crippen molar-refractivity contribution in [3.63, 3.8) is 0 Å². The van der Waals surface area contributed by atoms with Crippen LogP contribution in [0.25, 0.3) is 22.1 Å². The van der Waals surface area contributed by atoms with Crippen LogP contribution in [0.5, 0.6) is 0 Å². The van der Waals surface area contributed by atoms with E-state index in [4.69, 9.17) is 9.97 Å². The number of aromatic nitrogens is 4. The van der Waals surface area contributed by atoms with Crippen LogP contribution in [0, 0.1) is 0 Å². The first-order valence-corrected chi connectivity index (χ1v) is 7.78. The number of rotatable bonds is 0. The summed E-state index contributed by atoms with van der Waals surface area (Å²) < 4.78 is 4.84. The van der Waals surface area contributed by atoms with Gasteiger partial charge in [0.05, 0.1) is 22.1 Å². The summed E-state index contributed by atoms with van der Waals surface area (Å²) in [4.78, 5) is 9.65. The number of imidazole rings is 2. The number of benzene rings is 1. The van der Waals surface area contributed by atoms with Gasteiger partial charge in [-0.1, -0.05) is 0 Å². The minimum atomic E-state index is 1.12. The summed E-state index contributed by atoms with van der Waals surface area (Å²) in [5.41, 5.74) is 4.87. The first-order valence-electron chi connectivity index (χ1n) is 7.78. The fraction of sp³-hybridized carbons (Fsp3) is 0.500. The zero-order chi connectivity index (χ0) is 13.1. The van der Waals surface area contributed by atoms with Crippen molar-refractivity contribution in [1.82, 2.24) is 19.1 Å². The van der Waals surface area contributed by atoms with Gasteiger partial charge in [-0.05, 0) is 37.8 Å². The minimum absolute atomic E-state index is 1.12. The number of hydrogen-bond acceptors (Lipinski definition) is 2. The lowest BCUT2D eigenvalue weighted by molar-refractivity contribution is 0.530. The average Bonchev–Trinajstić information content (AvgIpc) is 3.02. The topological polar surface area (TPSA) is 35.6 Å². The predicted octanol–water partition coefficient (Wildman–Crippen LogP) is 3.06. The van der Waals surface area contributed by atoms with Crippen molar-refractivity contribution in [3.8, 4) is 0 Å². The third-order valence-electron chi connectivity index (χ3n) is 4.84. The summed E-state index contributed by atoms with van der Waals surface area (Å²) in [6, 6.07) is 4.52. The van der Waals surface area contributed by atoms with Crippen molar-refractivity contribution in [3.05, 3.63) is 23.8 Å². The molecule has 0 fully saturated rings. The van der Waals surface area contributed by atoms with Crippen LogP contribution in [-0.2, 0) is 25.9 Å². The van der Waals surface area contributed by atoms with Crippen molar-refractivity contribution in [2.45, 2.75) is 51.6 Å². The highest BCUT2D eigenvalue weighted by molar-refractivity contribution is 5.92. The molecule has 20 heavy (non-hydrogen) atoms. The molecule has 4 nitrogen and oxygen atoms in total. The van der Waals surface area contributed by atoms with Gasteiger partial charge in [0.15, 0.2) is 0 Å². The van der Waals surface area contributed by atoms with E-state index in [0.717, 1.165) is 37.0 Å². The van der Waals surface area contributed by atoms with Gasteiger partial charge in [0.1, 0.15) is 11.6 Å². The molecule has 102 valence electrons. The van der Waals surface area contributed by atoms with E-state index < -0.39 is 0 Å². The normalized spacial score (nSPS) is 18.4. The highest BCUT2D eigenvalue weighted by Crippen LogP contribution is 2.29. The molecule has 0 aliphatic carbocycles. The summed E-state index contributed by atoms with van der Waals surface area (Å²) >= 11 is 0. The average molecular weight is 266 g/mol. The summed E-state index contributed by atoms with van der Waals surface area (Å²) in [6.45, 7) is 2.25. The summed E-state index contributed by atoms with van der Waals surface area (Å²) in [7, 11) is 0. The predicted molar refractivity (Wildman–Crippen MR) is 78.9 cm³/mol. The van der Waals surface area contributed by atoms with E-state index in [2.05, 4.69) is 21.3 Å². The highest BCUT2D eigenvalue weighted by Gasteiger charge is 2.19. The summed E-state index contributed by atoms with van der Waals surface area (Å²) in [6.07, 6.45) is 7.35. The second kappa shape index (κ2) is 3.84. The van der Waals surface area contributed by atoms with E-state index in [1.54, 1.807) is 0 Å². The molecule has 0 spiro atoms. The quantitative estimate of drug-likeness (QED) is 0.627. The van der Waals surface area contributed by atoms with Crippen LogP contribution >= 0.6 is 0 Å². The van der Waals surface area contributed by atoms with Crippen molar-refractivity contribution < 1.29 is 0 Å². The van der Waals surface area contributed by atoms with Gasteiger partial charge in [0.2, 0.25) is 0 Å². The maximum Gasteiger partial charge on any atom is 0.109 e. The second-order valence-electron chi connectivity index (χ2n) is 6.10. The molecule has 3 aromatic rings. The molecule has 4 heterocycles. The third kappa shape index (κ3) is 1.37. The largest absolute Gasteiger partial charge is 0.328 e. The molecule has 2 aliphatic heterocycles. The molecule has 0 unspecified atom stereocenters. The molecule has 1 aromatic carbocycles. The van der Waals surface area contributed by atoms with Crippen LogP contribution in [0.3, 0.4) is 0 Å². The molecule has 2 aromatic heterocycles. The molecule has 2 aliphatic rings. The molecule has 0 bridgehead atoms. The van der Waals surface area contributed by atoms with E-state index in [1.807, 2.05) is 0 Å². The number of fused-ring (bicyclic) bond motifs is 6. The SMILES string of the molecule is c1c2nc3n(c2cc2c1nc1n2CCCC1)CCCC3. The number of nitrogens with zero attached hydrogens (tertiary/aromatic N) is 4. The molecule has 0 atom stereocenters. The lowest BCUT2D eigenvalue weighted by Gasteiger charge is -2.15. The van der Waals surface area contributed by atoms with E-state index in [9.17, 15) is 0 Å². The van der Waals surface area contributed by atoms with Crippen LogP contribution < -0.4 is 0 Å². The highest BCUT2D eigenvalue weighted by atomic mass is 15.1. The summed E-state index contributed by atoms with van der Waals surface area (Å²) in [5, 5.41) is 0. The molecule has 0 radical (unpaired) electrons. The maximum absolute atomic E-state index is 4.82. The van der Waals surface area contributed by atoms with Crippen LogP contribution in [-0.4, -0.2) is 19.1 Å². The Bertz CT molecular complexity index is 758. The second-order valence-corrected chi connectivity index (χ2v) is 6.10. The summed E-state index contributed by atoms with van der Waals surface area (Å²) in [5.74, 6) is 2.52. The standard InChI is InChI=1S/C16H18N4/c1-3-7-19-13-10-14-12(9-11(13)17-15(19)5-1)18-16-6-2-4-8-20(14)16/h9-10H,1-8H2. The molecular formula is C16H18N4. The van der Waals surface area contributed by atoms with Gasteiger partial charge >= 0.3 is 0 Å². The van der Waals surface area contributed by atoms with E-state index in [1.165, 1.54) is 48.4 Å². The maximum atomic E-state index is 4.82. The monoisotopic (exact) mass is 266 g/mol. The van der Waals surface area contributed by atoms with Gasteiger partial charge in [-0.15, -0.1) is 0 Å². The first kappa shape index (κ1) is 10.9. The Kier molecular flexibility index (Phi) is 2.09. The van der Waals surface area contributed by atoms with E-state index in [-0.39, 0.29) is 0 Å². The van der Waals surface area contributed by atoms with Crippen LogP contribution in [0.2, 0.25) is 0 Å². The van der Waals surface area contributed by atoms with Gasteiger partial charge in [0.25, 0.3) is 0 Å². The molecular weight excluding hydrogens is 248 g/mol. The van der Waals surface area contributed by atoms with Crippen molar-refractivity contribution in [2.24, 2.45) is 0 Å². The lowest BCUT2D eigenvalue weighted by Crippen LogP contribution is -2.11. The number of hydrogen-bond donors (Lipinski definition) is 0. The minimum Gasteiger partial charge on any atom is -0.328 e. The molecule has 4 heteroatoms. The smallest absolute Gasteiger partial charge is 0.109 e. The van der Waals surface area contributed by atoms with Gasteiger partial charge in [-0.3, -0.25) is 0 Å². The van der Waals surface area contributed by atoms with Crippen LogP contribution in [0.1, 0.15) is 37.3 Å². The van der Waals surface area contributed by atoms with Crippen molar-refractivity contribution >= 4 is 22.1 Å². The van der Waals surface area contributed by atoms with Gasteiger partial charge in [-0.2, -0.15) is 0 Å². The van der Waals surface area contributed by atoms with E-state index >= 15 is 0 Å². The van der Waals surface area contributed by atoms with Crippen molar-refractivity contribution in [2.75, 3.05) is 0 Å². The van der Waals surface area contributed by atoms with Gasteiger partial charge < -0.3 is 9.13 Å². The van der Waals surface area contributed by atoms with Crippen LogP contribution in [0.15, 0.2) is 12.1 Å². The Morgan fingerprint density at radius 2 is 1.25 bits per heavy atom. The third-order valence-corrected chi connectivity index (χ3v) is 4.84. The number of aryl methyl sites for hydroxylation is 4. The molecule has 5 rings (SSSR count). The first-order chi connectivity index (χ1) is 9.90.